The van der Waals surface area contributed by atoms with Crippen LogP contribution in [0.25, 0.3) is 0 Å². The van der Waals surface area contributed by atoms with E-state index < -0.39 is 17.9 Å². The highest BCUT2D eigenvalue weighted by Crippen LogP contribution is 2.17. The lowest BCUT2D eigenvalue weighted by molar-refractivity contribution is -0.147. The number of hydrogen-bond donors (Lipinski definition) is 1. The van der Waals surface area contributed by atoms with Gasteiger partial charge in [0.1, 0.15) is 6.54 Å². The lowest BCUT2D eigenvalue weighted by Crippen LogP contribution is -2.57. The number of carbonyl (C=O) groups is 3. The molecule has 0 bridgehead atoms. The normalized spacial score (nSPS) is 15.1. The van der Waals surface area contributed by atoms with Crippen LogP contribution >= 0.6 is 0 Å². The fourth-order valence-electron chi connectivity index (χ4n) is 1.53. The predicted octanol–water partition coefficient (Wildman–Crippen LogP) is -0.382. The average molecular weight is 244 g/mol. The van der Waals surface area contributed by atoms with E-state index in [0.29, 0.717) is 6.54 Å². The molecular formula is C10H16N2O5. The molecule has 2 amide bonds. The van der Waals surface area contributed by atoms with E-state index in [-0.39, 0.29) is 25.7 Å². The number of amides is 2. The summed E-state index contributed by atoms with van der Waals surface area (Å²) in [6.45, 7) is 2.41. The summed E-state index contributed by atoms with van der Waals surface area (Å²) in [6, 6.07) is -0.324. The maximum Gasteiger partial charge on any atom is 0.325 e. The molecule has 0 aromatic carbocycles. The lowest BCUT2D eigenvalue weighted by atomic mass is 10.0. The fourth-order valence-corrected chi connectivity index (χ4v) is 1.53. The number of hydrogen-bond acceptors (Lipinski definition) is 4. The molecule has 0 aliphatic carbocycles. The molecule has 0 spiro atoms. The fraction of sp³-hybridized carbons (Fsp3) is 0.700. The molecule has 1 rings (SSSR count). The lowest BCUT2D eigenvalue weighted by Gasteiger charge is -2.39. The molecule has 1 fully saturated rings. The minimum atomic E-state index is -0.898. The highest BCUT2D eigenvalue weighted by atomic mass is 16.5. The zero-order valence-electron chi connectivity index (χ0n) is 9.88. The highest BCUT2D eigenvalue weighted by Gasteiger charge is 2.37. The molecule has 7 nitrogen and oxygen atoms in total. The third-order valence-corrected chi connectivity index (χ3v) is 2.70. The number of rotatable bonds is 4. The van der Waals surface area contributed by atoms with Gasteiger partial charge >= 0.3 is 18.0 Å². The van der Waals surface area contributed by atoms with Gasteiger partial charge in [-0.1, -0.05) is 0 Å². The molecular weight excluding hydrogens is 228 g/mol. The average Bonchev–Trinajstić information content (AvgIpc) is 2.22. The molecule has 0 saturated carbocycles. The SMILES string of the molecule is CCN(CC(=O)OC)C(=O)N1CC(C(=O)O)C1. The number of likely N-dealkylation sites (tertiary alicyclic amines) is 1. The van der Waals surface area contributed by atoms with Gasteiger partial charge in [0.2, 0.25) is 0 Å². The number of nitrogens with zero attached hydrogens (tertiary/aromatic N) is 2. The van der Waals surface area contributed by atoms with E-state index in [2.05, 4.69) is 4.74 Å². The topological polar surface area (TPSA) is 87.2 Å². The second-order valence-electron chi connectivity index (χ2n) is 3.81. The molecule has 1 saturated heterocycles. The summed E-state index contributed by atoms with van der Waals surface area (Å²) < 4.78 is 4.48. The molecule has 0 atom stereocenters. The van der Waals surface area contributed by atoms with Crippen molar-refractivity contribution >= 4 is 18.0 Å². The third kappa shape index (κ3) is 3.08. The van der Waals surface area contributed by atoms with Crippen molar-refractivity contribution in [2.75, 3.05) is 33.3 Å². The van der Waals surface area contributed by atoms with Crippen LogP contribution < -0.4 is 0 Å². The van der Waals surface area contributed by atoms with Crippen LogP contribution in [-0.2, 0) is 14.3 Å². The monoisotopic (exact) mass is 244 g/mol. The maximum atomic E-state index is 11.8. The number of ether oxygens (including phenoxy) is 1. The zero-order valence-corrected chi connectivity index (χ0v) is 9.88. The van der Waals surface area contributed by atoms with Gasteiger partial charge in [0, 0.05) is 19.6 Å². The van der Waals surface area contributed by atoms with Crippen molar-refractivity contribution in [3.05, 3.63) is 0 Å². The zero-order chi connectivity index (χ0) is 13.0. The minimum absolute atomic E-state index is 0.111. The first kappa shape index (κ1) is 13.3. The molecule has 1 heterocycles. The highest BCUT2D eigenvalue weighted by molar-refractivity contribution is 5.83. The standard InChI is InChI=1S/C10H16N2O5/c1-3-11(6-8(13)17-2)10(16)12-4-7(5-12)9(14)15/h7H,3-6H2,1-2H3,(H,14,15). The first-order chi connectivity index (χ1) is 7.99. The summed E-state index contributed by atoms with van der Waals surface area (Å²) in [6.07, 6.45) is 0. The maximum absolute atomic E-state index is 11.8. The van der Waals surface area contributed by atoms with Gasteiger partial charge in [-0.25, -0.2) is 4.79 Å². The van der Waals surface area contributed by atoms with Crippen molar-refractivity contribution in [3.63, 3.8) is 0 Å². The van der Waals surface area contributed by atoms with Crippen LogP contribution in [-0.4, -0.2) is 66.2 Å². The van der Waals surface area contributed by atoms with Gasteiger partial charge in [0.25, 0.3) is 0 Å². The van der Waals surface area contributed by atoms with Crippen molar-refractivity contribution < 1.29 is 24.2 Å². The molecule has 0 unspecified atom stereocenters. The molecule has 0 aromatic heterocycles. The Morgan fingerprint density at radius 3 is 2.41 bits per heavy atom. The van der Waals surface area contributed by atoms with Gasteiger partial charge in [-0.15, -0.1) is 0 Å². The Morgan fingerprint density at radius 2 is 2.00 bits per heavy atom. The number of carboxylic acid groups (broad SMARTS) is 1. The van der Waals surface area contributed by atoms with E-state index in [0.717, 1.165) is 0 Å². The van der Waals surface area contributed by atoms with E-state index in [1.54, 1.807) is 6.92 Å². The van der Waals surface area contributed by atoms with E-state index in [9.17, 15) is 14.4 Å². The van der Waals surface area contributed by atoms with Crippen LogP contribution in [0.1, 0.15) is 6.92 Å². The largest absolute Gasteiger partial charge is 0.481 e. The molecule has 0 radical (unpaired) electrons. The Kier molecular flexibility index (Phi) is 4.30. The van der Waals surface area contributed by atoms with Crippen molar-refractivity contribution in [1.82, 2.24) is 9.80 Å². The summed E-state index contributed by atoms with van der Waals surface area (Å²) in [5, 5.41) is 8.69. The van der Waals surface area contributed by atoms with Gasteiger partial charge in [-0.3, -0.25) is 9.59 Å². The van der Waals surface area contributed by atoms with E-state index in [1.165, 1.54) is 16.9 Å². The van der Waals surface area contributed by atoms with Crippen molar-refractivity contribution in [1.29, 1.82) is 0 Å². The number of urea groups is 1. The summed E-state index contributed by atoms with van der Waals surface area (Å²) in [4.78, 5) is 36.2. The van der Waals surface area contributed by atoms with Gasteiger partial charge in [0.05, 0.1) is 13.0 Å². The first-order valence-corrected chi connectivity index (χ1v) is 5.33. The van der Waals surface area contributed by atoms with Crippen LogP contribution in [0, 0.1) is 5.92 Å². The molecule has 1 aliphatic rings. The number of carboxylic acids is 1. The molecule has 0 aromatic rings. The van der Waals surface area contributed by atoms with Crippen LogP contribution in [0.4, 0.5) is 4.79 Å². The molecule has 7 heteroatoms. The van der Waals surface area contributed by atoms with Crippen LogP contribution in [0.5, 0.6) is 0 Å². The third-order valence-electron chi connectivity index (χ3n) is 2.70. The van der Waals surface area contributed by atoms with E-state index >= 15 is 0 Å². The number of methoxy groups -OCH3 is 1. The Balaban J connectivity index is 2.46. The van der Waals surface area contributed by atoms with Crippen molar-refractivity contribution in [2.45, 2.75) is 6.92 Å². The van der Waals surface area contributed by atoms with Crippen molar-refractivity contribution in [2.24, 2.45) is 5.92 Å². The summed E-state index contributed by atoms with van der Waals surface area (Å²) >= 11 is 0. The first-order valence-electron chi connectivity index (χ1n) is 5.33. The second kappa shape index (κ2) is 5.51. The Morgan fingerprint density at radius 1 is 1.41 bits per heavy atom. The number of aliphatic carboxylic acids is 1. The van der Waals surface area contributed by atoms with Crippen molar-refractivity contribution in [3.8, 4) is 0 Å². The van der Waals surface area contributed by atoms with E-state index in [4.69, 9.17) is 5.11 Å². The predicted molar refractivity (Wildman–Crippen MR) is 57.4 cm³/mol. The number of likely N-dealkylation sites (N-methyl/N-ethyl adjacent to an activating group) is 1. The van der Waals surface area contributed by atoms with Crippen LogP contribution in [0.3, 0.4) is 0 Å². The smallest absolute Gasteiger partial charge is 0.325 e. The second-order valence-corrected chi connectivity index (χ2v) is 3.81. The van der Waals surface area contributed by atoms with Crippen LogP contribution in [0.15, 0.2) is 0 Å². The Labute approximate surface area is 98.9 Å². The molecule has 1 aliphatic heterocycles. The summed E-state index contributed by atoms with van der Waals surface area (Å²) in [7, 11) is 1.25. The Hall–Kier alpha value is -1.79. The number of esters is 1. The number of carbonyl (C=O) groups excluding carboxylic acids is 2. The molecule has 17 heavy (non-hydrogen) atoms. The van der Waals surface area contributed by atoms with E-state index in [1.807, 2.05) is 0 Å². The van der Waals surface area contributed by atoms with Gasteiger partial charge < -0.3 is 19.6 Å². The Bertz CT molecular complexity index is 325. The van der Waals surface area contributed by atoms with Crippen LogP contribution in [0.2, 0.25) is 0 Å². The molecule has 1 N–H and O–H groups in total. The van der Waals surface area contributed by atoms with Gasteiger partial charge in [0.15, 0.2) is 0 Å². The minimum Gasteiger partial charge on any atom is -0.481 e. The molecule has 96 valence electrons. The summed E-state index contributed by atoms with van der Waals surface area (Å²) in [5.74, 6) is -1.88. The van der Waals surface area contributed by atoms with Gasteiger partial charge in [-0.2, -0.15) is 0 Å². The summed E-state index contributed by atoms with van der Waals surface area (Å²) in [5.41, 5.74) is 0. The quantitative estimate of drug-likeness (QED) is 0.681. The van der Waals surface area contributed by atoms with Gasteiger partial charge in [-0.05, 0) is 6.92 Å².